The third-order valence-electron chi connectivity index (χ3n) is 2.63. The van der Waals surface area contributed by atoms with E-state index in [0.29, 0.717) is 13.0 Å². The van der Waals surface area contributed by atoms with Crippen LogP contribution in [0.25, 0.3) is 0 Å². The van der Waals surface area contributed by atoms with E-state index in [0.717, 1.165) is 13.0 Å². The van der Waals surface area contributed by atoms with Crippen LogP contribution in [0.3, 0.4) is 0 Å². The van der Waals surface area contributed by atoms with Crippen molar-refractivity contribution in [2.24, 2.45) is 0 Å². The fraction of sp³-hybridized carbons (Fsp3) is 1.00. The van der Waals surface area contributed by atoms with Gasteiger partial charge in [0, 0.05) is 19.8 Å². The number of sulfone groups is 1. The highest BCUT2D eigenvalue weighted by Gasteiger charge is 2.37. The summed E-state index contributed by atoms with van der Waals surface area (Å²) in [5, 5.41) is 2.98. The lowest BCUT2D eigenvalue weighted by Crippen LogP contribution is -2.29. The lowest BCUT2D eigenvalue weighted by molar-refractivity contribution is 0.192. The quantitative estimate of drug-likeness (QED) is 0.720. The first kappa shape index (κ1) is 11.9. The van der Waals surface area contributed by atoms with Gasteiger partial charge in [-0.25, -0.2) is 8.42 Å². The largest absolute Gasteiger partial charge is 0.385 e. The van der Waals surface area contributed by atoms with Crippen LogP contribution in [0.1, 0.15) is 19.8 Å². The van der Waals surface area contributed by atoms with E-state index in [1.165, 1.54) is 0 Å². The first-order valence-corrected chi connectivity index (χ1v) is 6.75. The number of rotatable bonds is 5. The minimum Gasteiger partial charge on any atom is -0.385 e. The molecule has 4 nitrogen and oxygen atoms in total. The zero-order valence-corrected chi connectivity index (χ0v) is 9.64. The Hall–Kier alpha value is -0.130. The summed E-state index contributed by atoms with van der Waals surface area (Å²) in [6.07, 6.45) is 1.36. The Morgan fingerprint density at radius 2 is 2.21 bits per heavy atom. The van der Waals surface area contributed by atoms with Crippen LogP contribution in [0.5, 0.6) is 0 Å². The van der Waals surface area contributed by atoms with Crippen molar-refractivity contribution < 1.29 is 13.2 Å². The lowest BCUT2D eigenvalue weighted by atomic mass is 10.1. The molecule has 1 aliphatic heterocycles. The Balaban J connectivity index is 2.51. The molecule has 5 heteroatoms. The van der Waals surface area contributed by atoms with Crippen LogP contribution in [0, 0.1) is 0 Å². The number of ether oxygens (including phenoxy) is 1. The van der Waals surface area contributed by atoms with Crippen LogP contribution >= 0.6 is 0 Å². The molecule has 1 aliphatic rings. The molecule has 0 amide bonds. The normalized spacial score (nSPS) is 30.7. The van der Waals surface area contributed by atoms with Crippen LogP contribution in [0.4, 0.5) is 0 Å². The SMILES string of the molecule is CCNC1CC(CCOC)S(=O)(=O)C1. The van der Waals surface area contributed by atoms with E-state index in [-0.39, 0.29) is 17.0 Å². The number of nitrogens with one attached hydrogen (secondary N) is 1. The molecule has 14 heavy (non-hydrogen) atoms. The second kappa shape index (κ2) is 5.09. The number of hydrogen-bond donors (Lipinski definition) is 1. The summed E-state index contributed by atoms with van der Waals surface area (Å²) in [6.45, 7) is 3.36. The fourth-order valence-corrected chi connectivity index (χ4v) is 3.99. The highest BCUT2D eigenvalue weighted by molar-refractivity contribution is 7.92. The third kappa shape index (κ3) is 2.93. The van der Waals surface area contributed by atoms with Crippen LogP contribution < -0.4 is 5.32 Å². The predicted octanol–water partition coefficient (Wildman–Crippen LogP) is 0.188. The van der Waals surface area contributed by atoms with E-state index in [4.69, 9.17) is 4.74 Å². The van der Waals surface area contributed by atoms with Gasteiger partial charge in [-0.05, 0) is 19.4 Å². The molecule has 1 N–H and O–H groups in total. The third-order valence-corrected chi connectivity index (χ3v) is 4.94. The average Bonchev–Trinajstić information content (AvgIpc) is 2.38. The summed E-state index contributed by atoms with van der Waals surface area (Å²) in [5.74, 6) is 0.287. The van der Waals surface area contributed by atoms with Gasteiger partial charge in [0.1, 0.15) is 0 Å². The van der Waals surface area contributed by atoms with Gasteiger partial charge in [0.15, 0.2) is 9.84 Å². The van der Waals surface area contributed by atoms with Gasteiger partial charge in [0.05, 0.1) is 11.0 Å². The van der Waals surface area contributed by atoms with Gasteiger partial charge in [0.2, 0.25) is 0 Å². The van der Waals surface area contributed by atoms with E-state index in [1.807, 2.05) is 6.92 Å². The molecule has 1 rings (SSSR count). The molecule has 84 valence electrons. The molecule has 0 aromatic heterocycles. The van der Waals surface area contributed by atoms with Crippen molar-refractivity contribution in [1.29, 1.82) is 0 Å². The Bertz CT molecular complexity index is 263. The van der Waals surface area contributed by atoms with Gasteiger partial charge in [-0.15, -0.1) is 0 Å². The highest BCUT2D eigenvalue weighted by Crippen LogP contribution is 2.23. The van der Waals surface area contributed by atoms with Gasteiger partial charge in [-0.2, -0.15) is 0 Å². The molecule has 0 aromatic rings. The van der Waals surface area contributed by atoms with Crippen molar-refractivity contribution in [3.8, 4) is 0 Å². The standard InChI is InChI=1S/C9H19NO3S/c1-3-10-8-6-9(4-5-13-2)14(11,12)7-8/h8-10H,3-7H2,1-2H3. The second-order valence-corrected chi connectivity index (χ2v) is 6.05. The maximum atomic E-state index is 11.7. The topological polar surface area (TPSA) is 55.4 Å². The van der Waals surface area contributed by atoms with Crippen molar-refractivity contribution in [2.45, 2.75) is 31.1 Å². The van der Waals surface area contributed by atoms with Crippen molar-refractivity contribution >= 4 is 9.84 Å². The Morgan fingerprint density at radius 3 is 2.79 bits per heavy atom. The van der Waals surface area contributed by atoms with E-state index in [9.17, 15) is 8.42 Å². The molecule has 1 fully saturated rings. The van der Waals surface area contributed by atoms with E-state index >= 15 is 0 Å². The van der Waals surface area contributed by atoms with Gasteiger partial charge in [-0.3, -0.25) is 0 Å². The maximum absolute atomic E-state index is 11.7. The van der Waals surface area contributed by atoms with Crippen molar-refractivity contribution in [1.82, 2.24) is 5.32 Å². The van der Waals surface area contributed by atoms with Gasteiger partial charge < -0.3 is 10.1 Å². The lowest BCUT2D eigenvalue weighted by Gasteiger charge is -2.09. The van der Waals surface area contributed by atoms with Crippen molar-refractivity contribution in [3.05, 3.63) is 0 Å². The molecule has 0 saturated carbocycles. The van der Waals surface area contributed by atoms with Crippen LogP contribution in [0.2, 0.25) is 0 Å². The molecule has 2 atom stereocenters. The molecule has 1 saturated heterocycles. The Kier molecular flexibility index (Phi) is 4.34. The maximum Gasteiger partial charge on any atom is 0.154 e. The van der Waals surface area contributed by atoms with Crippen molar-refractivity contribution in [3.63, 3.8) is 0 Å². The van der Waals surface area contributed by atoms with Gasteiger partial charge in [-0.1, -0.05) is 6.92 Å². The summed E-state index contributed by atoms with van der Waals surface area (Å²) in [4.78, 5) is 0. The molecule has 0 spiro atoms. The van der Waals surface area contributed by atoms with Crippen LogP contribution in [0.15, 0.2) is 0 Å². The zero-order chi connectivity index (χ0) is 10.6. The molecular formula is C9H19NO3S. The first-order valence-electron chi connectivity index (χ1n) is 5.04. The van der Waals surface area contributed by atoms with Gasteiger partial charge >= 0.3 is 0 Å². The van der Waals surface area contributed by atoms with E-state index in [1.54, 1.807) is 7.11 Å². The minimum absolute atomic E-state index is 0.145. The molecule has 2 unspecified atom stereocenters. The molecule has 1 heterocycles. The summed E-state index contributed by atoms with van der Waals surface area (Å²) in [7, 11) is -1.27. The Labute approximate surface area is 85.9 Å². The summed E-state index contributed by atoms with van der Waals surface area (Å²) >= 11 is 0. The highest BCUT2D eigenvalue weighted by atomic mass is 32.2. The van der Waals surface area contributed by atoms with E-state index in [2.05, 4.69) is 5.32 Å². The summed E-state index contributed by atoms with van der Waals surface area (Å²) in [6, 6.07) is 0.145. The number of hydrogen-bond acceptors (Lipinski definition) is 4. The number of methoxy groups -OCH3 is 1. The van der Waals surface area contributed by atoms with Gasteiger partial charge in [0.25, 0.3) is 0 Å². The van der Waals surface area contributed by atoms with Crippen molar-refractivity contribution in [2.75, 3.05) is 26.0 Å². The van der Waals surface area contributed by atoms with Crippen LogP contribution in [-0.4, -0.2) is 45.7 Å². The molecule has 0 aromatic carbocycles. The molecule has 0 radical (unpaired) electrons. The second-order valence-electron chi connectivity index (χ2n) is 3.72. The first-order chi connectivity index (χ1) is 6.60. The molecular weight excluding hydrogens is 202 g/mol. The Morgan fingerprint density at radius 1 is 1.50 bits per heavy atom. The summed E-state index contributed by atoms with van der Waals surface area (Å²) < 4.78 is 28.2. The fourth-order valence-electron chi connectivity index (χ4n) is 1.93. The smallest absolute Gasteiger partial charge is 0.154 e. The monoisotopic (exact) mass is 221 g/mol. The predicted molar refractivity (Wildman–Crippen MR) is 56.1 cm³/mol. The average molecular weight is 221 g/mol. The van der Waals surface area contributed by atoms with E-state index < -0.39 is 9.84 Å². The summed E-state index contributed by atoms with van der Waals surface area (Å²) in [5.41, 5.74) is 0. The van der Waals surface area contributed by atoms with Crippen LogP contribution in [-0.2, 0) is 14.6 Å². The zero-order valence-electron chi connectivity index (χ0n) is 8.82. The minimum atomic E-state index is -2.87. The molecule has 0 aliphatic carbocycles. The molecule has 0 bridgehead atoms.